The van der Waals surface area contributed by atoms with E-state index in [0.29, 0.717) is 12.3 Å². The van der Waals surface area contributed by atoms with Crippen molar-refractivity contribution < 1.29 is 9.53 Å². The molecular weight excluding hydrogens is 372 g/mol. The summed E-state index contributed by atoms with van der Waals surface area (Å²) >= 11 is 0. The number of hydrogen-bond donors (Lipinski definition) is 1. The van der Waals surface area contributed by atoms with Crippen molar-refractivity contribution in [2.45, 2.75) is 33.6 Å². The van der Waals surface area contributed by atoms with Crippen LogP contribution >= 0.6 is 0 Å². The standard InChI is InChI=1S/C26H26N2O2/c1-5-30-25-12-18(4)21(15-24(25)17(2)3)13-22(16-27)26(29)28-23-11-10-19-8-6-7-9-20(19)14-23/h6-15,17H,5H2,1-4H3,(H,28,29)/b22-13+. The number of carbonyl (C=O) groups is 1. The SMILES string of the molecule is CCOc1cc(C)c(/C=C(\C#N)C(=O)Nc2ccc3ccccc3c2)cc1C(C)C. The predicted molar refractivity (Wildman–Crippen MR) is 123 cm³/mol. The molecule has 0 aromatic heterocycles. The Hall–Kier alpha value is -3.58. The zero-order valence-electron chi connectivity index (χ0n) is 17.8. The second-order valence-electron chi connectivity index (χ2n) is 7.52. The number of fused-ring (bicyclic) bond motifs is 1. The summed E-state index contributed by atoms with van der Waals surface area (Å²) in [5.41, 5.74) is 3.57. The predicted octanol–water partition coefficient (Wildman–Crippen LogP) is 6.22. The molecule has 3 aromatic carbocycles. The van der Waals surface area contributed by atoms with Gasteiger partial charge < -0.3 is 10.1 Å². The number of rotatable bonds is 6. The summed E-state index contributed by atoms with van der Waals surface area (Å²) < 4.78 is 5.76. The molecule has 0 aliphatic rings. The van der Waals surface area contributed by atoms with Crippen LogP contribution in [-0.4, -0.2) is 12.5 Å². The second-order valence-corrected chi connectivity index (χ2v) is 7.52. The summed E-state index contributed by atoms with van der Waals surface area (Å²) in [5.74, 6) is 0.685. The van der Waals surface area contributed by atoms with Crippen LogP contribution in [0.5, 0.6) is 5.75 Å². The molecule has 1 N–H and O–H groups in total. The minimum Gasteiger partial charge on any atom is -0.494 e. The average molecular weight is 399 g/mol. The molecule has 3 aromatic rings. The van der Waals surface area contributed by atoms with Crippen molar-refractivity contribution in [1.82, 2.24) is 0 Å². The van der Waals surface area contributed by atoms with Crippen LogP contribution in [0, 0.1) is 18.3 Å². The molecule has 3 rings (SSSR count). The van der Waals surface area contributed by atoms with Crippen LogP contribution in [0.3, 0.4) is 0 Å². The summed E-state index contributed by atoms with van der Waals surface area (Å²) in [6.45, 7) is 8.69. The number of ether oxygens (including phenoxy) is 1. The van der Waals surface area contributed by atoms with Crippen molar-refractivity contribution in [3.8, 4) is 11.8 Å². The topological polar surface area (TPSA) is 62.1 Å². The van der Waals surface area contributed by atoms with Gasteiger partial charge in [-0.1, -0.05) is 44.2 Å². The molecule has 30 heavy (non-hydrogen) atoms. The van der Waals surface area contributed by atoms with E-state index in [1.807, 2.05) is 74.5 Å². The van der Waals surface area contributed by atoms with Crippen LogP contribution in [0.1, 0.15) is 43.4 Å². The first kappa shape index (κ1) is 21.1. The second kappa shape index (κ2) is 9.28. The van der Waals surface area contributed by atoms with Gasteiger partial charge in [0.1, 0.15) is 17.4 Å². The lowest BCUT2D eigenvalue weighted by Crippen LogP contribution is -2.13. The van der Waals surface area contributed by atoms with Gasteiger partial charge in [-0.3, -0.25) is 4.79 Å². The van der Waals surface area contributed by atoms with Gasteiger partial charge in [-0.25, -0.2) is 0 Å². The van der Waals surface area contributed by atoms with Crippen LogP contribution in [0.2, 0.25) is 0 Å². The molecule has 0 aliphatic heterocycles. The number of benzene rings is 3. The number of aryl methyl sites for hydroxylation is 1. The number of nitrogens with one attached hydrogen (secondary N) is 1. The first-order valence-corrected chi connectivity index (χ1v) is 10.1. The highest BCUT2D eigenvalue weighted by Crippen LogP contribution is 2.31. The van der Waals surface area contributed by atoms with E-state index < -0.39 is 5.91 Å². The Labute approximate surface area is 177 Å². The van der Waals surface area contributed by atoms with E-state index >= 15 is 0 Å². The van der Waals surface area contributed by atoms with E-state index in [9.17, 15) is 10.1 Å². The minimum absolute atomic E-state index is 0.0603. The van der Waals surface area contributed by atoms with Gasteiger partial charge in [-0.15, -0.1) is 0 Å². The third-order valence-electron chi connectivity index (χ3n) is 4.99. The summed E-state index contributed by atoms with van der Waals surface area (Å²) in [6.07, 6.45) is 1.65. The van der Waals surface area contributed by atoms with E-state index in [2.05, 4.69) is 19.2 Å². The van der Waals surface area contributed by atoms with E-state index in [0.717, 1.165) is 33.2 Å². The van der Waals surface area contributed by atoms with Crippen molar-refractivity contribution in [2.75, 3.05) is 11.9 Å². The molecule has 0 bridgehead atoms. The molecule has 0 radical (unpaired) electrons. The van der Waals surface area contributed by atoms with Gasteiger partial charge in [0.25, 0.3) is 5.91 Å². The number of carbonyl (C=O) groups excluding carboxylic acids is 1. The Morgan fingerprint density at radius 1 is 1.13 bits per heavy atom. The maximum Gasteiger partial charge on any atom is 0.266 e. The minimum atomic E-state index is -0.424. The summed E-state index contributed by atoms with van der Waals surface area (Å²) in [7, 11) is 0. The Balaban J connectivity index is 1.91. The number of nitrogens with zero attached hydrogens (tertiary/aromatic N) is 1. The molecule has 0 aliphatic carbocycles. The zero-order chi connectivity index (χ0) is 21.7. The summed E-state index contributed by atoms with van der Waals surface area (Å²) in [4.78, 5) is 12.8. The molecule has 4 nitrogen and oxygen atoms in total. The molecule has 0 unspecified atom stereocenters. The van der Waals surface area contributed by atoms with Gasteiger partial charge in [-0.2, -0.15) is 5.26 Å². The average Bonchev–Trinajstić information content (AvgIpc) is 2.73. The maximum atomic E-state index is 12.8. The normalized spacial score (nSPS) is 11.4. The molecule has 4 heteroatoms. The van der Waals surface area contributed by atoms with E-state index in [1.54, 1.807) is 6.08 Å². The van der Waals surface area contributed by atoms with Crippen LogP contribution in [0.25, 0.3) is 16.8 Å². The lowest BCUT2D eigenvalue weighted by molar-refractivity contribution is -0.112. The summed E-state index contributed by atoms with van der Waals surface area (Å²) in [5, 5.41) is 14.6. The zero-order valence-corrected chi connectivity index (χ0v) is 17.8. The highest BCUT2D eigenvalue weighted by atomic mass is 16.5. The molecule has 0 atom stereocenters. The maximum absolute atomic E-state index is 12.8. The van der Waals surface area contributed by atoms with Crippen LogP contribution in [0.15, 0.2) is 60.2 Å². The third-order valence-corrected chi connectivity index (χ3v) is 4.99. The lowest BCUT2D eigenvalue weighted by atomic mass is 9.95. The Morgan fingerprint density at radius 3 is 2.53 bits per heavy atom. The van der Waals surface area contributed by atoms with Gasteiger partial charge in [0.05, 0.1) is 6.61 Å². The number of hydrogen-bond acceptors (Lipinski definition) is 3. The fourth-order valence-corrected chi connectivity index (χ4v) is 3.37. The first-order valence-electron chi connectivity index (χ1n) is 10.1. The fraction of sp³-hybridized carbons (Fsp3) is 0.231. The number of amides is 1. The monoisotopic (exact) mass is 398 g/mol. The largest absolute Gasteiger partial charge is 0.494 e. The lowest BCUT2D eigenvalue weighted by Gasteiger charge is -2.16. The van der Waals surface area contributed by atoms with Gasteiger partial charge in [-0.05, 0) is 77.6 Å². The first-order chi connectivity index (χ1) is 14.4. The molecule has 1 amide bonds. The van der Waals surface area contributed by atoms with Crippen LogP contribution < -0.4 is 10.1 Å². The van der Waals surface area contributed by atoms with Crippen LogP contribution in [0.4, 0.5) is 5.69 Å². The molecule has 0 saturated carbocycles. The number of anilines is 1. The Kier molecular flexibility index (Phi) is 6.54. The highest BCUT2D eigenvalue weighted by molar-refractivity contribution is 6.10. The number of nitriles is 1. The van der Waals surface area contributed by atoms with Gasteiger partial charge >= 0.3 is 0 Å². The molecule has 152 valence electrons. The van der Waals surface area contributed by atoms with Crippen molar-refractivity contribution >= 4 is 28.4 Å². The van der Waals surface area contributed by atoms with Crippen molar-refractivity contribution in [2.24, 2.45) is 0 Å². The smallest absolute Gasteiger partial charge is 0.266 e. The van der Waals surface area contributed by atoms with Crippen molar-refractivity contribution in [1.29, 1.82) is 5.26 Å². The fourth-order valence-electron chi connectivity index (χ4n) is 3.37. The molecular formula is C26H26N2O2. The summed E-state index contributed by atoms with van der Waals surface area (Å²) in [6, 6.07) is 19.6. The Bertz CT molecular complexity index is 1150. The molecule has 0 heterocycles. The molecule has 0 saturated heterocycles. The van der Waals surface area contributed by atoms with Gasteiger partial charge in [0, 0.05) is 5.69 Å². The van der Waals surface area contributed by atoms with Crippen molar-refractivity contribution in [3.05, 3.63) is 76.9 Å². The van der Waals surface area contributed by atoms with Gasteiger partial charge in [0.15, 0.2) is 0 Å². The highest BCUT2D eigenvalue weighted by Gasteiger charge is 2.14. The Morgan fingerprint density at radius 2 is 1.87 bits per heavy atom. The van der Waals surface area contributed by atoms with Crippen molar-refractivity contribution in [3.63, 3.8) is 0 Å². The van der Waals surface area contributed by atoms with Crippen LogP contribution in [-0.2, 0) is 4.79 Å². The van der Waals surface area contributed by atoms with E-state index in [4.69, 9.17) is 4.74 Å². The molecule has 0 spiro atoms. The van der Waals surface area contributed by atoms with Gasteiger partial charge in [0.2, 0.25) is 0 Å². The quantitative estimate of drug-likeness (QED) is 0.396. The molecule has 0 fully saturated rings. The van der Waals surface area contributed by atoms with E-state index in [1.165, 1.54) is 0 Å². The third kappa shape index (κ3) is 4.69. The van der Waals surface area contributed by atoms with E-state index in [-0.39, 0.29) is 11.5 Å².